The number of aliphatic hydroxyl groups excluding tert-OH is 1. The molecule has 18 heavy (non-hydrogen) atoms. The van der Waals surface area contributed by atoms with E-state index in [1.807, 2.05) is 6.92 Å². The minimum absolute atomic E-state index is 0.180. The third-order valence-corrected chi connectivity index (χ3v) is 3.33. The number of anilines is 1. The van der Waals surface area contributed by atoms with Crippen LogP contribution in [0, 0.1) is 0 Å². The average molecular weight is 291 g/mol. The second kappa shape index (κ2) is 6.83. The van der Waals surface area contributed by atoms with Crippen molar-refractivity contribution in [3.63, 3.8) is 0 Å². The molecule has 1 unspecified atom stereocenters. The van der Waals surface area contributed by atoms with Crippen LogP contribution in [-0.2, 0) is 0 Å². The number of nitrogen functional groups attached to an aromatic ring is 1. The minimum atomic E-state index is -0.412. The van der Waals surface area contributed by atoms with Gasteiger partial charge in [-0.2, -0.15) is 0 Å². The lowest BCUT2D eigenvalue weighted by atomic mass is 10.1. The van der Waals surface area contributed by atoms with Gasteiger partial charge in [0.2, 0.25) is 0 Å². The molecular weight excluding hydrogens is 275 g/mol. The molecule has 0 saturated heterocycles. The fraction of sp³-hybridized carbons (Fsp3) is 0.417. The van der Waals surface area contributed by atoms with Crippen molar-refractivity contribution in [2.45, 2.75) is 25.9 Å². The molecule has 6 heteroatoms. The number of nitrogens with two attached hydrogens (primary N) is 1. The Morgan fingerprint density at radius 1 is 1.50 bits per heavy atom. The molecule has 0 saturated carbocycles. The molecule has 0 spiro atoms. The fourth-order valence-electron chi connectivity index (χ4n) is 1.43. The summed E-state index contributed by atoms with van der Waals surface area (Å²) in [6, 6.07) is 2.96. The van der Waals surface area contributed by atoms with Crippen LogP contribution in [0.15, 0.2) is 12.1 Å². The van der Waals surface area contributed by atoms with Gasteiger partial charge in [0.1, 0.15) is 0 Å². The Labute approximate surface area is 116 Å². The maximum absolute atomic E-state index is 11.8. The van der Waals surface area contributed by atoms with Crippen molar-refractivity contribution < 1.29 is 9.90 Å². The fourth-order valence-corrected chi connectivity index (χ4v) is 1.85. The molecule has 0 aliphatic carbocycles. The first-order chi connectivity index (χ1) is 8.45. The molecule has 0 heterocycles. The third-order valence-electron chi connectivity index (χ3n) is 2.53. The molecule has 1 aromatic rings. The van der Waals surface area contributed by atoms with Crippen LogP contribution in [0.4, 0.5) is 5.69 Å². The first-order valence-electron chi connectivity index (χ1n) is 5.66. The van der Waals surface area contributed by atoms with Gasteiger partial charge in [0.15, 0.2) is 0 Å². The summed E-state index contributed by atoms with van der Waals surface area (Å²) in [7, 11) is 0. The van der Waals surface area contributed by atoms with Gasteiger partial charge >= 0.3 is 0 Å². The van der Waals surface area contributed by atoms with Crippen LogP contribution in [-0.4, -0.2) is 23.7 Å². The van der Waals surface area contributed by atoms with Crippen LogP contribution >= 0.6 is 23.2 Å². The van der Waals surface area contributed by atoms with E-state index in [0.29, 0.717) is 25.1 Å². The molecular formula is C12H16Cl2N2O2. The highest BCUT2D eigenvalue weighted by molar-refractivity contribution is 6.44. The Morgan fingerprint density at radius 3 is 2.78 bits per heavy atom. The molecule has 1 aromatic carbocycles. The minimum Gasteiger partial charge on any atom is -0.399 e. The highest BCUT2D eigenvalue weighted by atomic mass is 35.5. The zero-order chi connectivity index (χ0) is 13.7. The van der Waals surface area contributed by atoms with Gasteiger partial charge in [-0.05, 0) is 25.0 Å². The second-order valence-corrected chi connectivity index (χ2v) is 4.76. The molecule has 100 valence electrons. The van der Waals surface area contributed by atoms with E-state index in [-0.39, 0.29) is 21.5 Å². The van der Waals surface area contributed by atoms with E-state index in [4.69, 9.17) is 28.9 Å². The summed E-state index contributed by atoms with van der Waals surface area (Å²) in [5.41, 5.74) is 6.22. The van der Waals surface area contributed by atoms with E-state index in [9.17, 15) is 9.90 Å². The molecule has 0 radical (unpaired) electrons. The topological polar surface area (TPSA) is 75.3 Å². The van der Waals surface area contributed by atoms with Crippen LogP contribution in [0.2, 0.25) is 10.0 Å². The standard InChI is InChI=1S/C12H16Cl2N2O2/c1-2-8(17)3-4-16-12(18)9-5-7(15)6-10(13)11(9)14/h5-6,8,17H,2-4,15H2,1H3,(H,16,18). The van der Waals surface area contributed by atoms with Crippen molar-refractivity contribution in [1.82, 2.24) is 5.32 Å². The summed E-state index contributed by atoms with van der Waals surface area (Å²) in [4.78, 5) is 11.8. The molecule has 0 aliphatic rings. The van der Waals surface area contributed by atoms with Crippen LogP contribution in [0.25, 0.3) is 0 Å². The summed E-state index contributed by atoms with van der Waals surface area (Å²) in [6.07, 6.45) is 0.738. The smallest absolute Gasteiger partial charge is 0.252 e. The molecule has 0 aliphatic heterocycles. The summed E-state index contributed by atoms with van der Waals surface area (Å²) in [6.45, 7) is 2.25. The van der Waals surface area contributed by atoms with Crippen LogP contribution in [0.5, 0.6) is 0 Å². The van der Waals surface area contributed by atoms with Gasteiger partial charge < -0.3 is 16.2 Å². The number of halogens is 2. The monoisotopic (exact) mass is 290 g/mol. The normalized spacial score (nSPS) is 12.2. The van der Waals surface area contributed by atoms with Crippen molar-refractivity contribution in [2.75, 3.05) is 12.3 Å². The Morgan fingerprint density at radius 2 is 2.17 bits per heavy atom. The quantitative estimate of drug-likeness (QED) is 0.729. The molecule has 1 atom stereocenters. The van der Waals surface area contributed by atoms with Gasteiger partial charge in [-0.15, -0.1) is 0 Å². The summed E-state index contributed by atoms with van der Waals surface area (Å²) >= 11 is 11.8. The largest absolute Gasteiger partial charge is 0.399 e. The maximum atomic E-state index is 11.8. The summed E-state index contributed by atoms with van der Waals surface area (Å²) in [5, 5.41) is 12.5. The zero-order valence-electron chi connectivity index (χ0n) is 10.0. The number of hydrogen-bond acceptors (Lipinski definition) is 3. The second-order valence-electron chi connectivity index (χ2n) is 3.97. The van der Waals surface area contributed by atoms with Crippen molar-refractivity contribution in [3.05, 3.63) is 27.7 Å². The average Bonchev–Trinajstić information content (AvgIpc) is 2.33. The lowest BCUT2D eigenvalue weighted by Crippen LogP contribution is -2.27. The lowest BCUT2D eigenvalue weighted by Gasteiger charge is -2.10. The first kappa shape index (κ1) is 15.1. The highest BCUT2D eigenvalue weighted by Gasteiger charge is 2.14. The van der Waals surface area contributed by atoms with E-state index in [1.165, 1.54) is 12.1 Å². The molecule has 4 N–H and O–H groups in total. The van der Waals surface area contributed by atoms with E-state index >= 15 is 0 Å². The van der Waals surface area contributed by atoms with Crippen LogP contribution in [0.1, 0.15) is 30.1 Å². The molecule has 1 rings (SSSR count). The van der Waals surface area contributed by atoms with Crippen molar-refractivity contribution in [3.8, 4) is 0 Å². The Bertz CT molecular complexity index is 438. The Balaban J connectivity index is 2.67. The van der Waals surface area contributed by atoms with Crippen molar-refractivity contribution in [2.24, 2.45) is 0 Å². The molecule has 0 aromatic heterocycles. The number of carbonyl (C=O) groups excluding carboxylic acids is 1. The first-order valence-corrected chi connectivity index (χ1v) is 6.42. The maximum Gasteiger partial charge on any atom is 0.252 e. The lowest BCUT2D eigenvalue weighted by molar-refractivity contribution is 0.0942. The van der Waals surface area contributed by atoms with Gasteiger partial charge in [-0.1, -0.05) is 30.1 Å². The van der Waals surface area contributed by atoms with Crippen LogP contribution in [0.3, 0.4) is 0 Å². The van der Waals surface area contributed by atoms with Gasteiger partial charge in [0, 0.05) is 12.2 Å². The summed E-state index contributed by atoms with van der Waals surface area (Å²) in [5.74, 6) is -0.350. The van der Waals surface area contributed by atoms with Gasteiger partial charge in [0.05, 0.1) is 21.7 Å². The SMILES string of the molecule is CCC(O)CCNC(=O)c1cc(N)cc(Cl)c1Cl. The van der Waals surface area contributed by atoms with Crippen molar-refractivity contribution >= 4 is 34.8 Å². The van der Waals surface area contributed by atoms with E-state index in [2.05, 4.69) is 5.32 Å². The molecule has 1 amide bonds. The number of nitrogens with one attached hydrogen (secondary N) is 1. The summed E-state index contributed by atoms with van der Waals surface area (Å²) < 4.78 is 0. The number of carbonyl (C=O) groups is 1. The number of aliphatic hydroxyl groups is 1. The molecule has 0 bridgehead atoms. The third kappa shape index (κ3) is 4.05. The van der Waals surface area contributed by atoms with E-state index in [0.717, 1.165) is 0 Å². The predicted molar refractivity (Wildman–Crippen MR) is 74.1 cm³/mol. The number of benzene rings is 1. The zero-order valence-corrected chi connectivity index (χ0v) is 11.6. The Kier molecular flexibility index (Phi) is 5.72. The Hall–Kier alpha value is -0.970. The number of rotatable bonds is 5. The number of hydrogen-bond donors (Lipinski definition) is 3. The number of amides is 1. The van der Waals surface area contributed by atoms with Gasteiger partial charge in [-0.3, -0.25) is 4.79 Å². The highest BCUT2D eigenvalue weighted by Crippen LogP contribution is 2.28. The van der Waals surface area contributed by atoms with Crippen LogP contribution < -0.4 is 11.1 Å². The van der Waals surface area contributed by atoms with Crippen molar-refractivity contribution in [1.29, 1.82) is 0 Å². The van der Waals surface area contributed by atoms with Gasteiger partial charge in [-0.25, -0.2) is 0 Å². The predicted octanol–water partition coefficient (Wildman–Crippen LogP) is 2.47. The molecule has 4 nitrogen and oxygen atoms in total. The molecule has 0 fully saturated rings. The van der Waals surface area contributed by atoms with E-state index in [1.54, 1.807) is 0 Å². The van der Waals surface area contributed by atoms with E-state index < -0.39 is 6.10 Å². The van der Waals surface area contributed by atoms with Gasteiger partial charge in [0.25, 0.3) is 5.91 Å².